The number of carboxylic acid groups (broad SMARTS) is 1. The summed E-state index contributed by atoms with van der Waals surface area (Å²) >= 11 is 0. The van der Waals surface area contributed by atoms with Crippen molar-refractivity contribution in [3.63, 3.8) is 0 Å². The topological polar surface area (TPSA) is 106 Å². The predicted octanol–water partition coefficient (Wildman–Crippen LogP) is -2.31. The number of carbonyl (C=O) groups is 2. The van der Waals surface area contributed by atoms with Crippen LogP contribution in [0.1, 0.15) is 6.42 Å². The molecule has 0 fully saturated rings. The molecule has 0 bridgehead atoms. The van der Waals surface area contributed by atoms with E-state index in [4.69, 9.17) is 5.11 Å². The van der Waals surface area contributed by atoms with Gasteiger partial charge in [0.1, 0.15) is 6.04 Å². The van der Waals surface area contributed by atoms with Gasteiger partial charge in [-0.3, -0.25) is 4.79 Å². The summed E-state index contributed by atoms with van der Waals surface area (Å²) < 4.78 is 0. The molecule has 6 nitrogen and oxygen atoms in total. The Bertz CT molecular complexity index is 394. The highest BCUT2D eigenvalue weighted by Crippen LogP contribution is 2.05. The summed E-state index contributed by atoms with van der Waals surface area (Å²) in [5, 5.41) is 23.4. The fourth-order valence-corrected chi connectivity index (χ4v) is 1.47. The van der Waals surface area contributed by atoms with Crippen LogP contribution in [0.3, 0.4) is 0 Å². The molecule has 0 aliphatic carbocycles. The maximum Gasteiger partial charge on any atom is 0.230 e. The molecule has 0 saturated carbocycles. The maximum atomic E-state index is 11.6. The Kier molecular flexibility index (Phi) is 5.83. The summed E-state index contributed by atoms with van der Waals surface area (Å²) in [6.07, 6.45) is -0.197. The molecule has 18 heavy (non-hydrogen) atoms. The molecule has 6 heteroatoms. The average Bonchev–Trinajstić information content (AvgIpc) is 2.35. The Morgan fingerprint density at radius 2 is 2.00 bits per heavy atom. The molecule has 0 aliphatic rings. The molecule has 98 valence electrons. The molecule has 0 radical (unpaired) electrons. The van der Waals surface area contributed by atoms with Crippen molar-refractivity contribution in [2.75, 3.05) is 18.5 Å². The number of rotatable bonds is 7. The smallest absolute Gasteiger partial charge is 0.230 e. The number of benzene rings is 1. The van der Waals surface area contributed by atoms with Gasteiger partial charge in [0.05, 0.1) is 25.5 Å². The van der Waals surface area contributed by atoms with Gasteiger partial charge in [-0.15, -0.1) is 0 Å². The number of carboxylic acids is 1. The second kappa shape index (κ2) is 7.41. The highest BCUT2D eigenvalue weighted by Gasteiger charge is 2.17. The van der Waals surface area contributed by atoms with Gasteiger partial charge in [0.2, 0.25) is 5.91 Å². The van der Waals surface area contributed by atoms with E-state index in [2.05, 4.69) is 5.32 Å². The van der Waals surface area contributed by atoms with E-state index in [-0.39, 0.29) is 19.6 Å². The van der Waals surface area contributed by atoms with Crippen LogP contribution in [-0.2, 0) is 9.59 Å². The number of anilines is 1. The van der Waals surface area contributed by atoms with E-state index < -0.39 is 17.9 Å². The summed E-state index contributed by atoms with van der Waals surface area (Å²) in [7, 11) is 0. The van der Waals surface area contributed by atoms with Gasteiger partial charge >= 0.3 is 0 Å². The van der Waals surface area contributed by atoms with Crippen molar-refractivity contribution < 1.29 is 25.1 Å². The fourth-order valence-electron chi connectivity index (χ4n) is 1.47. The van der Waals surface area contributed by atoms with E-state index in [0.29, 0.717) is 5.69 Å². The number of nitrogens with one attached hydrogen (secondary N) is 1. The van der Waals surface area contributed by atoms with Crippen LogP contribution in [0.2, 0.25) is 0 Å². The molecule has 0 aromatic heterocycles. The molecule has 0 saturated heterocycles. The highest BCUT2D eigenvalue weighted by atomic mass is 16.4. The monoisotopic (exact) mass is 252 g/mol. The molecule has 1 aromatic rings. The summed E-state index contributed by atoms with van der Waals surface area (Å²) in [6, 6.07) is 7.79. The van der Waals surface area contributed by atoms with Crippen LogP contribution in [0.4, 0.5) is 5.69 Å². The Morgan fingerprint density at radius 1 is 1.33 bits per heavy atom. The quantitative estimate of drug-likeness (QED) is 0.507. The lowest BCUT2D eigenvalue weighted by Crippen LogP contribution is -2.94. The van der Waals surface area contributed by atoms with E-state index in [1.54, 1.807) is 24.3 Å². The first kappa shape index (κ1) is 14.1. The summed E-state index contributed by atoms with van der Waals surface area (Å²) in [5.41, 5.74) is 0.613. The number of amides is 1. The number of aliphatic hydroxyl groups is 1. The molecule has 1 atom stereocenters. The third-order valence-corrected chi connectivity index (χ3v) is 2.35. The lowest BCUT2D eigenvalue weighted by atomic mass is 10.2. The summed E-state index contributed by atoms with van der Waals surface area (Å²) in [4.78, 5) is 22.4. The molecule has 0 heterocycles. The van der Waals surface area contributed by atoms with Gasteiger partial charge in [-0.1, -0.05) is 18.2 Å². The van der Waals surface area contributed by atoms with Crippen LogP contribution < -0.4 is 15.7 Å². The van der Waals surface area contributed by atoms with Crippen molar-refractivity contribution >= 4 is 17.6 Å². The molecule has 1 rings (SSSR count). The molecular weight excluding hydrogens is 236 g/mol. The van der Waals surface area contributed by atoms with Crippen LogP contribution in [0.5, 0.6) is 0 Å². The second-order valence-corrected chi connectivity index (χ2v) is 3.79. The predicted molar refractivity (Wildman–Crippen MR) is 62.4 cm³/mol. The number of nitrogens with two attached hydrogens (primary N) is 1. The van der Waals surface area contributed by atoms with Crippen molar-refractivity contribution in [1.82, 2.24) is 0 Å². The molecule has 1 amide bonds. The second-order valence-electron chi connectivity index (χ2n) is 3.79. The van der Waals surface area contributed by atoms with Crippen molar-refractivity contribution in [3.8, 4) is 0 Å². The minimum atomic E-state index is -1.31. The normalized spacial score (nSPS) is 11.8. The van der Waals surface area contributed by atoms with Crippen molar-refractivity contribution in [3.05, 3.63) is 30.3 Å². The van der Waals surface area contributed by atoms with E-state index in [9.17, 15) is 14.7 Å². The van der Waals surface area contributed by atoms with E-state index in [1.807, 2.05) is 6.07 Å². The van der Waals surface area contributed by atoms with Crippen molar-refractivity contribution in [1.29, 1.82) is 0 Å². The summed E-state index contributed by atoms with van der Waals surface area (Å²) in [6.45, 7) is 0.0708. The first-order valence-corrected chi connectivity index (χ1v) is 5.63. The number of hydrogen-bond donors (Lipinski definition) is 3. The zero-order chi connectivity index (χ0) is 13.4. The van der Waals surface area contributed by atoms with Gasteiger partial charge in [0.15, 0.2) is 0 Å². The first-order valence-electron chi connectivity index (χ1n) is 5.63. The standard InChI is InChI=1S/C12H16N2O4/c15-7-6-13-10(12(17)18)8-11(16)14-9-4-2-1-3-5-9/h1-5,10,13,15H,6-8H2,(H,14,16)(H,17,18)/t10-/m0/s1. The molecular formula is C12H16N2O4. The molecule has 0 spiro atoms. The van der Waals surface area contributed by atoms with Gasteiger partial charge in [0.25, 0.3) is 0 Å². The molecule has 0 unspecified atom stereocenters. The zero-order valence-corrected chi connectivity index (χ0v) is 9.83. The van der Waals surface area contributed by atoms with Crippen LogP contribution in [0, 0.1) is 0 Å². The van der Waals surface area contributed by atoms with Crippen LogP contribution in [0.25, 0.3) is 0 Å². The third kappa shape index (κ3) is 4.94. The number of quaternary nitrogens is 1. The average molecular weight is 252 g/mol. The minimum Gasteiger partial charge on any atom is -0.544 e. The fraction of sp³-hybridized carbons (Fsp3) is 0.333. The first-order chi connectivity index (χ1) is 8.63. The number of hydrogen-bond acceptors (Lipinski definition) is 4. The number of para-hydroxylation sites is 1. The van der Waals surface area contributed by atoms with Gasteiger partial charge in [0, 0.05) is 5.69 Å². The Hall–Kier alpha value is -1.92. The van der Waals surface area contributed by atoms with Gasteiger partial charge in [-0.2, -0.15) is 0 Å². The number of aliphatic carboxylic acids is 1. The largest absolute Gasteiger partial charge is 0.544 e. The van der Waals surface area contributed by atoms with E-state index in [0.717, 1.165) is 0 Å². The van der Waals surface area contributed by atoms with Crippen LogP contribution in [-0.4, -0.2) is 36.2 Å². The number of carbonyl (C=O) groups excluding carboxylic acids is 2. The zero-order valence-electron chi connectivity index (χ0n) is 9.83. The molecule has 4 N–H and O–H groups in total. The summed E-state index contributed by atoms with van der Waals surface area (Å²) in [5.74, 6) is -1.71. The Morgan fingerprint density at radius 3 is 2.56 bits per heavy atom. The van der Waals surface area contributed by atoms with E-state index in [1.165, 1.54) is 5.32 Å². The minimum absolute atomic E-state index is 0.149. The third-order valence-electron chi connectivity index (χ3n) is 2.35. The van der Waals surface area contributed by atoms with Crippen LogP contribution >= 0.6 is 0 Å². The molecule has 0 aliphatic heterocycles. The Labute approximate surface area is 105 Å². The van der Waals surface area contributed by atoms with Gasteiger partial charge < -0.3 is 25.6 Å². The van der Waals surface area contributed by atoms with Crippen molar-refractivity contribution in [2.24, 2.45) is 0 Å². The van der Waals surface area contributed by atoms with Crippen molar-refractivity contribution in [2.45, 2.75) is 12.5 Å². The maximum absolute atomic E-state index is 11.6. The van der Waals surface area contributed by atoms with Gasteiger partial charge in [-0.05, 0) is 12.1 Å². The highest BCUT2D eigenvalue weighted by molar-refractivity contribution is 5.93. The lowest BCUT2D eigenvalue weighted by Gasteiger charge is -2.15. The lowest BCUT2D eigenvalue weighted by molar-refractivity contribution is -0.683. The van der Waals surface area contributed by atoms with Crippen LogP contribution in [0.15, 0.2) is 30.3 Å². The SMILES string of the molecule is O=C(C[C@H]([NH2+]CCO)C(=O)[O-])Nc1ccccc1. The van der Waals surface area contributed by atoms with Gasteiger partial charge in [-0.25, -0.2) is 0 Å². The van der Waals surface area contributed by atoms with E-state index >= 15 is 0 Å². The Balaban J connectivity index is 2.48. The molecule has 1 aromatic carbocycles. The number of aliphatic hydroxyl groups excluding tert-OH is 1.